The molecule has 1 heterocycles. The Morgan fingerprint density at radius 3 is 2.30 bits per heavy atom. The summed E-state index contributed by atoms with van der Waals surface area (Å²) in [7, 11) is 0. The van der Waals surface area contributed by atoms with E-state index in [1.807, 2.05) is 0 Å². The predicted molar refractivity (Wildman–Crippen MR) is 120 cm³/mol. The van der Waals surface area contributed by atoms with Crippen molar-refractivity contribution in [1.29, 1.82) is 0 Å². The van der Waals surface area contributed by atoms with Crippen LogP contribution in [0.5, 0.6) is 0 Å². The topological polar surface area (TPSA) is 64.1 Å². The van der Waals surface area contributed by atoms with Crippen LogP contribution in [0.1, 0.15) is 17.3 Å². The largest absolute Gasteiger partial charge is 0.390 e. The molecule has 1 saturated heterocycles. The summed E-state index contributed by atoms with van der Waals surface area (Å²) in [6.07, 6.45) is 0.800. The Balaban J connectivity index is 1.93. The highest BCUT2D eigenvalue weighted by molar-refractivity contribution is 6.44. The second-order valence-electron chi connectivity index (χ2n) is 7.05. The number of amides is 2. The summed E-state index contributed by atoms with van der Waals surface area (Å²) in [6, 6.07) is 8.56. The average Bonchev–Trinajstić information content (AvgIpc) is 2.73. The number of carbonyl (C=O) groups is 2. The molecule has 0 radical (unpaired) electrons. The second-order valence-corrected chi connectivity index (χ2v) is 7.88. The number of piperazine rings is 1. The lowest BCUT2D eigenvalue weighted by Gasteiger charge is -2.38. The normalized spacial score (nSPS) is 16.5. The van der Waals surface area contributed by atoms with Gasteiger partial charge in [0.25, 0.3) is 5.91 Å². The molecule has 0 bridgehead atoms. The van der Waals surface area contributed by atoms with Crippen LogP contribution in [0.2, 0.25) is 0 Å². The molecule has 0 saturated carbocycles. The maximum absolute atomic E-state index is 12.6. The third-order valence-electron chi connectivity index (χ3n) is 4.88. The highest BCUT2D eigenvalue weighted by Crippen LogP contribution is 2.25. The van der Waals surface area contributed by atoms with E-state index in [0.717, 1.165) is 10.6 Å². The summed E-state index contributed by atoms with van der Waals surface area (Å²) in [5.41, 5.74) is 1.14. The van der Waals surface area contributed by atoms with Crippen molar-refractivity contribution in [3.8, 4) is 0 Å². The Hall–Kier alpha value is -2.12. The van der Waals surface area contributed by atoms with Gasteiger partial charge in [0, 0.05) is 45.2 Å². The summed E-state index contributed by atoms with van der Waals surface area (Å²) in [4.78, 5) is 29.8. The quantitative estimate of drug-likeness (QED) is 0.615. The molecule has 6 nitrogen and oxygen atoms in total. The number of carbonyl (C=O) groups excluding carboxylic acids is 2. The SMILES string of the molecule is C=C/C(=C(/Cl)C(=C)Cl)N1CCN(CC(O)CN(C(C)=O)C(=O)c2ccccc2)CC1. The van der Waals surface area contributed by atoms with Crippen molar-refractivity contribution in [2.24, 2.45) is 0 Å². The van der Waals surface area contributed by atoms with E-state index in [-0.39, 0.29) is 11.6 Å². The third-order valence-corrected chi connectivity index (χ3v) is 5.59. The number of hydrogen-bond acceptors (Lipinski definition) is 5. The van der Waals surface area contributed by atoms with E-state index in [0.29, 0.717) is 43.3 Å². The lowest BCUT2D eigenvalue weighted by atomic mass is 10.1. The highest BCUT2D eigenvalue weighted by Gasteiger charge is 2.26. The Bertz CT molecular complexity index is 818. The number of rotatable bonds is 8. The van der Waals surface area contributed by atoms with Gasteiger partial charge < -0.3 is 10.0 Å². The van der Waals surface area contributed by atoms with Crippen LogP contribution in [-0.4, -0.2) is 77.0 Å². The van der Waals surface area contributed by atoms with Crippen LogP contribution in [-0.2, 0) is 4.79 Å². The van der Waals surface area contributed by atoms with E-state index in [2.05, 4.69) is 23.0 Å². The molecular weight excluding hydrogens is 425 g/mol. The van der Waals surface area contributed by atoms with Crippen molar-refractivity contribution in [1.82, 2.24) is 14.7 Å². The maximum Gasteiger partial charge on any atom is 0.260 e. The van der Waals surface area contributed by atoms with Gasteiger partial charge in [-0.05, 0) is 18.2 Å². The Morgan fingerprint density at radius 1 is 1.20 bits per heavy atom. The van der Waals surface area contributed by atoms with E-state index < -0.39 is 17.9 Å². The molecule has 8 heteroatoms. The number of benzene rings is 1. The number of hydrogen-bond donors (Lipinski definition) is 1. The van der Waals surface area contributed by atoms with Crippen LogP contribution in [0.25, 0.3) is 0 Å². The van der Waals surface area contributed by atoms with Crippen molar-refractivity contribution < 1.29 is 14.7 Å². The van der Waals surface area contributed by atoms with Crippen LogP contribution >= 0.6 is 23.2 Å². The summed E-state index contributed by atoms with van der Waals surface area (Å²) in [6.45, 7) is 11.8. The molecule has 1 N–H and O–H groups in total. The Labute approximate surface area is 187 Å². The number of allylic oxidation sites excluding steroid dienone is 3. The molecule has 2 amide bonds. The molecule has 162 valence electrons. The number of β-amino-alcohol motifs (C(OH)–C–C–N with tert-alkyl or cyclic N) is 1. The third kappa shape index (κ3) is 6.44. The molecule has 0 aliphatic carbocycles. The molecule has 1 atom stereocenters. The van der Waals surface area contributed by atoms with Gasteiger partial charge in [0.05, 0.1) is 28.4 Å². The first kappa shape index (κ1) is 24.2. The number of nitrogens with zero attached hydrogens (tertiary/aromatic N) is 3. The molecule has 30 heavy (non-hydrogen) atoms. The first-order valence-corrected chi connectivity index (χ1v) is 10.4. The molecule has 1 fully saturated rings. The van der Waals surface area contributed by atoms with E-state index in [1.54, 1.807) is 36.4 Å². The minimum Gasteiger partial charge on any atom is -0.390 e. The molecule has 0 spiro atoms. The summed E-state index contributed by atoms with van der Waals surface area (Å²) in [5, 5.41) is 11.2. The fraction of sp³-hybridized carbons (Fsp3) is 0.364. The molecule has 1 aliphatic heterocycles. The number of halogens is 2. The van der Waals surface area contributed by atoms with Gasteiger partial charge in [-0.3, -0.25) is 19.4 Å². The van der Waals surface area contributed by atoms with Crippen LogP contribution in [0.4, 0.5) is 0 Å². The molecule has 1 aromatic rings. The van der Waals surface area contributed by atoms with Gasteiger partial charge in [-0.25, -0.2) is 0 Å². The van der Waals surface area contributed by atoms with Crippen LogP contribution in [0.3, 0.4) is 0 Å². The zero-order chi connectivity index (χ0) is 22.3. The average molecular weight is 452 g/mol. The monoisotopic (exact) mass is 451 g/mol. The van der Waals surface area contributed by atoms with E-state index >= 15 is 0 Å². The highest BCUT2D eigenvalue weighted by atomic mass is 35.5. The van der Waals surface area contributed by atoms with Crippen molar-refractivity contribution in [2.45, 2.75) is 13.0 Å². The van der Waals surface area contributed by atoms with Gasteiger partial charge in [-0.1, -0.05) is 54.6 Å². The van der Waals surface area contributed by atoms with Gasteiger partial charge in [-0.2, -0.15) is 0 Å². The van der Waals surface area contributed by atoms with Crippen LogP contribution in [0.15, 0.2) is 65.3 Å². The van der Waals surface area contributed by atoms with Gasteiger partial charge in [-0.15, -0.1) is 0 Å². The summed E-state index contributed by atoms with van der Waals surface area (Å²) < 4.78 is 0. The summed E-state index contributed by atoms with van der Waals surface area (Å²) >= 11 is 12.1. The number of aliphatic hydroxyl groups is 1. The minimum absolute atomic E-state index is 0.0566. The predicted octanol–water partition coefficient (Wildman–Crippen LogP) is 3.04. The van der Waals surface area contributed by atoms with E-state index in [9.17, 15) is 14.7 Å². The van der Waals surface area contributed by atoms with Crippen molar-refractivity contribution in [3.05, 3.63) is 70.9 Å². The van der Waals surface area contributed by atoms with E-state index in [1.165, 1.54) is 6.92 Å². The molecule has 0 aromatic heterocycles. The van der Waals surface area contributed by atoms with Crippen LogP contribution in [0, 0.1) is 0 Å². The fourth-order valence-corrected chi connectivity index (χ4v) is 3.62. The molecule has 1 unspecified atom stereocenters. The van der Waals surface area contributed by atoms with E-state index in [4.69, 9.17) is 23.2 Å². The number of imide groups is 1. The standard InChI is InChI=1S/C22H27Cl2N3O3/c1-4-20(21(24)16(2)23)26-12-10-25(11-13-26)14-19(29)15-27(17(3)28)22(30)18-8-6-5-7-9-18/h4-9,19,29H,1-2,10-15H2,3H3/b21-20-. The van der Waals surface area contributed by atoms with Crippen molar-refractivity contribution in [2.75, 3.05) is 39.3 Å². The fourth-order valence-electron chi connectivity index (χ4n) is 3.33. The Kier molecular flexibility index (Phi) is 9.11. The minimum atomic E-state index is -0.853. The van der Waals surface area contributed by atoms with Crippen molar-refractivity contribution in [3.63, 3.8) is 0 Å². The molecule has 1 aromatic carbocycles. The van der Waals surface area contributed by atoms with Gasteiger partial charge in [0.2, 0.25) is 5.91 Å². The number of aliphatic hydroxyl groups excluding tert-OH is 1. The lowest BCUT2D eigenvalue weighted by molar-refractivity contribution is -0.127. The van der Waals surface area contributed by atoms with Crippen LogP contribution < -0.4 is 0 Å². The lowest BCUT2D eigenvalue weighted by Crippen LogP contribution is -2.50. The van der Waals surface area contributed by atoms with Gasteiger partial charge in [0.15, 0.2) is 0 Å². The smallest absolute Gasteiger partial charge is 0.260 e. The second kappa shape index (κ2) is 11.3. The molecule has 2 rings (SSSR count). The Morgan fingerprint density at radius 2 is 1.80 bits per heavy atom. The first-order chi connectivity index (χ1) is 14.2. The first-order valence-electron chi connectivity index (χ1n) is 9.64. The summed E-state index contributed by atoms with van der Waals surface area (Å²) in [5.74, 6) is -0.812. The van der Waals surface area contributed by atoms with Gasteiger partial charge in [0.1, 0.15) is 0 Å². The maximum atomic E-state index is 12.6. The van der Waals surface area contributed by atoms with Gasteiger partial charge >= 0.3 is 0 Å². The zero-order valence-electron chi connectivity index (χ0n) is 17.1. The zero-order valence-corrected chi connectivity index (χ0v) is 18.6. The molecular formula is C22H27Cl2N3O3. The molecule has 1 aliphatic rings. The van der Waals surface area contributed by atoms with Crippen molar-refractivity contribution >= 4 is 35.0 Å².